The Bertz CT molecular complexity index is 365. The van der Waals surface area contributed by atoms with Crippen LogP contribution < -0.4 is 11.1 Å². The van der Waals surface area contributed by atoms with Gasteiger partial charge in [-0.25, -0.2) is 0 Å². The smallest absolute Gasteiger partial charge is 0.188 e. The fraction of sp³-hybridized carbons (Fsp3) is 0.941. The molecule has 0 aromatic rings. The monoisotopic (exact) mass is 438 g/mol. The molecule has 5 nitrogen and oxygen atoms in total. The Hall–Kier alpha value is -0.0800. The molecule has 0 aromatic heterocycles. The first-order valence-electron chi connectivity index (χ1n) is 9.01. The summed E-state index contributed by atoms with van der Waals surface area (Å²) in [4.78, 5) is 7.09. The van der Waals surface area contributed by atoms with Gasteiger partial charge in [0.2, 0.25) is 0 Å². The van der Waals surface area contributed by atoms with E-state index < -0.39 is 0 Å². The summed E-state index contributed by atoms with van der Waals surface area (Å²) in [5.41, 5.74) is 6.06. The van der Waals surface area contributed by atoms with Crippen molar-refractivity contribution in [1.82, 2.24) is 10.2 Å². The number of aliphatic imine (C=N–C) groups is 1. The lowest BCUT2D eigenvalue weighted by Gasteiger charge is -2.33. The molecule has 136 valence electrons. The molecule has 23 heavy (non-hydrogen) atoms. The van der Waals surface area contributed by atoms with Gasteiger partial charge in [-0.15, -0.1) is 24.0 Å². The van der Waals surface area contributed by atoms with Crippen LogP contribution in [0.4, 0.5) is 0 Å². The summed E-state index contributed by atoms with van der Waals surface area (Å²) in [6.45, 7) is 11.6. The van der Waals surface area contributed by atoms with Crippen molar-refractivity contribution in [2.75, 3.05) is 32.8 Å². The van der Waals surface area contributed by atoms with Crippen molar-refractivity contribution in [1.29, 1.82) is 0 Å². The van der Waals surface area contributed by atoms with Crippen LogP contribution in [-0.2, 0) is 4.74 Å². The minimum atomic E-state index is 0. The van der Waals surface area contributed by atoms with Crippen LogP contribution in [0.25, 0.3) is 0 Å². The molecule has 3 N–H and O–H groups in total. The van der Waals surface area contributed by atoms with Gasteiger partial charge in [-0.2, -0.15) is 0 Å². The fourth-order valence-corrected chi connectivity index (χ4v) is 3.83. The van der Waals surface area contributed by atoms with E-state index in [1.54, 1.807) is 0 Å². The summed E-state index contributed by atoms with van der Waals surface area (Å²) >= 11 is 0. The lowest BCUT2D eigenvalue weighted by atomic mass is 9.87. The second kappa shape index (κ2) is 10.7. The molecule has 0 radical (unpaired) electrons. The van der Waals surface area contributed by atoms with Crippen LogP contribution >= 0.6 is 24.0 Å². The average Bonchev–Trinajstić information content (AvgIpc) is 2.98. The minimum absolute atomic E-state index is 0. The van der Waals surface area contributed by atoms with Gasteiger partial charge in [0.05, 0.1) is 6.10 Å². The average molecular weight is 438 g/mol. The number of guanidine groups is 1. The van der Waals surface area contributed by atoms with Crippen molar-refractivity contribution in [3.8, 4) is 0 Å². The van der Waals surface area contributed by atoms with Gasteiger partial charge in [0.1, 0.15) is 0 Å². The summed E-state index contributed by atoms with van der Waals surface area (Å²) in [6, 6.07) is 0.611. The van der Waals surface area contributed by atoms with Gasteiger partial charge in [0.15, 0.2) is 5.96 Å². The molecular formula is C17H35IN4O. The van der Waals surface area contributed by atoms with E-state index in [-0.39, 0.29) is 24.0 Å². The van der Waals surface area contributed by atoms with Crippen LogP contribution in [0.2, 0.25) is 0 Å². The van der Waals surface area contributed by atoms with E-state index in [4.69, 9.17) is 10.5 Å². The zero-order valence-corrected chi connectivity index (χ0v) is 17.3. The maximum absolute atomic E-state index is 6.06. The molecule has 2 saturated heterocycles. The quantitative estimate of drug-likeness (QED) is 0.380. The Balaban J connectivity index is 0.00000264. The van der Waals surface area contributed by atoms with E-state index in [2.05, 4.69) is 36.0 Å². The summed E-state index contributed by atoms with van der Waals surface area (Å²) in [5.74, 6) is 1.65. The van der Waals surface area contributed by atoms with Crippen LogP contribution in [0.1, 0.15) is 46.5 Å². The highest BCUT2D eigenvalue weighted by Gasteiger charge is 2.28. The highest BCUT2D eigenvalue weighted by atomic mass is 127. The number of ether oxygens (including phenoxy) is 1. The molecule has 3 unspecified atom stereocenters. The summed E-state index contributed by atoms with van der Waals surface area (Å²) < 4.78 is 5.92. The van der Waals surface area contributed by atoms with Crippen LogP contribution in [0.3, 0.4) is 0 Å². The molecule has 2 aliphatic rings. The van der Waals surface area contributed by atoms with Crippen molar-refractivity contribution in [3.05, 3.63) is 0 Å². The minimum Gasteiger partial charge on any atom is -0.378 e. The summed E-state index contributed by atoms with van der Waals surface area (Å²) in [6.07, 6.45) is 5.23. The number of halogens is 1. The van der Waals surface area contributed by atoms with Crippen molar-refractivity contribution in [2.45, 2.75) is 58.6 Å². The van der Waals surface area contributed by atoms with E-state index in [0.717, 1.165) is 32.7 Å². The Kier molecular flexibility index (Phi) is 9.77. The lowest BCUT2D eigenvalue weighted by molar-refractivity contribution is -0.0491. The highest BCUT2D eigenvalue weighted by Crippen LogP contribution is 2.26. The molecule has 0 amide bonds. The van der Waals surface area contributed by atoms with E-state index in [0.29, 0.717) is 29.9 Å². The van der Waals surface area contributed by atoms with Crippen molar-refractivity contribution in [3.63, 3.8) is 0 Å². The largest absolute Gasteiger partial charge is 0.378 e. The number of likely N-dealkylation sites (N-methyl/N-ethyl adjacent to an activating group) is 1. The molecular weight excluding hydrogens is 403 g/mol. The summed E-state index contributed by atoms with van der Waals surface area (Å²) in [5, 5.41) is 3.32. The molecule has 6 heteroatoms. The Morgan fingerprint density at radius 1 is 1.35 bits per heavy atom. The van der Waals surface area contributed by atoms with Crippen molar-refractivity contribution < 1.29 is 4.74 Å². The predicted octanol–water partition coefficient (Wildman–Crippen LogP) is 2.44. The third-order valence-corrected chi connectivity index (χ3v) is 5.07. The molecule has 0 aromatic carbocycles. The van der Waals surface area contributed by atoms with Gasteiger partial charge >= 0.3 is 0 Å². The molecule has 0 saturated carbocycles. The number of nitrogens with zero attached hydrogens (tertiary/aromatic N) is 2. The van der Waals surface area contributed by atoms with Gasteiger partial charge in [0, 0.05) is 31.7 Å². The first-order valence-corrected chi connectivity index (χ1v) is 9.01. The molecule has 2 heterocycles. The third-order valence-electron chi connectivity index (χ3n) is 5.07. The fourth-order valence-electron chi connectivity index (χ4n) is 3.83. The maximum Gasteiger partial charge on any atom is 0.188 e. The van der Waals surface area contributed by atoms with Gasteiger partial charge in [-0.3, -0.25) is 9.89 Å². The Morgan fingerprint density at radius 3 is 2.83 bits per heavy atom. The molecule has 3 atom stereocenters. The lowest BCUT2D eigenvalue weighted by Crippen LogP contribution is -2.43. The normalized spacial score (nSPS) is 29.6. The predicted molar refractivity (Wildman–Crippen MR) is 107 cm³/mol. The molecule has 2 rings (SSSR count). The van der Waals surface area contributed by atoms with Crippen LogP contribution in [-0.4, -0.2) is 55.8 Å². The number of hydrogen-bond donors (Lipinski definition) is 2. The first kappa shape index (κ1) is 21.0. The Labute approximate surface area is 158 Å². The Morgan fingerprint density at radius 2 is 2.13 bits per heavy atom. The van der Waals surface area contributed by atoms with E-state index >= 15 is 0 Å². The van der Waals surface area contributed by atoms with Gasteiger partial charge in [0.25, 0.3) is 0 Å². The van der Waals surface area contributed by atoms with Crippen molar-refractivity contribution >= 4 is 29.9 Å². The zero-order chi connectivity index (χ0) is 15.9. The van der Waals surface area contributed by atoms with E-state index in [1.165, 1.54) is 25.8 Å². The van der Waals surface area contributed by atoms with E-state index in [9.17, 15) is 0 Å². The molecule has 2 aliphatic heterocycles. The van der Waals surface area contributed by atoms with Crippen LogP contribution in [0, 0.1) is 11.8 Å². The third kappa shape index (κ3) is 6.38. The molecule has 2 fully saturated rings. The topological polar surface area (TPSA) is 62.9 Å². The van der Waals surface area contributed by atoms with E-state index in [1.807, 2.05) is 0 Å². The zero-order valence-electron chi connectivity index (χ0n) is 15.0. The number of rotatable bonds is 6. The number of nitrogens with two attached hydrogens (primary N) is 1. The first-order chi connectivity index (χ1) is 10.6. The number of hydrogen-bond acceptors (Lipinski definition) is 3. The van der Waals surface area contributed by atoms with Crippen molar-refractivity contribution in [2.24, 2.45) is 22.6 Å². The highest BCUT2D eigenvalue weighted by molar-refractivity contribution is 14.0. The maximum atomic E-state index is 6.06. The summed E-state index contributed by atoms with van der Waals surface area (Å²) in [7, 11) is 0. The SMILES string of the molecule is CCN1CCCC1CNC(N)=NCC1CCCOC1C(C)C.I. The van der Waals surface area contributed by atoms with Gasteiger partial charge in [-0.1, -0.05) is 20.8 Å². The molecule has 0 aliphatic carbocycles. The molecule has 0 bridgehead atoms. The standard InChI is InChI=1S/C17H34N4O.HI/c1-4-21-9-5-8-15(21)12-20-17(18)19-11-14-7-6-10-22-16(14)13(2)3;/h13-16H,4-12H2,1-3H3,(H3,18,19,20);1H. The van der Waals surface area contributed by atoms with Gasteiger partial charge in [-0.05, 0) is 44.7 Å². The number of likely N-dealkylation sites (tertiary alicyclic amines) is 1. The second-order valence-electron chi connectivity index (χ2n) is 7.01. The van der Waals surface area contributed by atoms with Crippen LogP contribution in [0.15, 0.2) is 4.99 Å². The number of nitrogens with one attached hydrogen (secondary N) is 1. The van der Waals surface area contributed by atoms with Crippen LogP contribution in [0.5, 0.6) is 0 Å². The van der Waals surface area contributed by atoms with Gasteiger partial charge < -0.3 is 15.8 Å². The second-order valence-corrected chi connectivity index (χ2v) is 7.01. The molecule has 0 spiro atoms.